The zero-order chi connectivity index (χ0) is 8.39. The zero-order valence-corrected chi connectivity index (χ0v) is 6.99. The highest BCUT2D eigenvalue weighted by Gasteiger charge is 1.92. The van der Waals surface area contributed by atoms with Crippen molar-refractivity contribution in [3.8, 4) is 0 Å². The summed E-state index contributed by atoms with van der Waals surface area (Å²) in [4.78, 5) is 8.47. The van der Waals surface area contributed by atoms with E-state index >= 15 is 0 Å². The molecule has 1 aromatic heterocycles. The largest absolute Gasteiger partial charge is 0.253 e. The van der Waals surface area contributed by atoms with Gasteiger partial charge in [-0.2, -0.15) is 0 Å². The lowest BCUT2D eigenvalue weighted by Crippen LogP contribution is -2.30. The summed E-state index contributed by atoms with van der Waals surface area (Å²) < 4.78 is 0. The number of aromatic nitrogens is 2. The fourth-order valence-electron chi connectivity index (χ4n) is 1.26. The molecule has 0 saturated heterocycles. The molecule has 2 rings (SSSR count). The van der Waals surface area contributed by atoms with Crippen LogP contribution >= 0.6 is 0 Å². The first-order valence-corrected chi connectivity index (χ1v) is 4.02. The molecule has 0 aliphatic heterocycles. The van der Waals surface area contributed by atoms with Crippen molar-refractivity contribution >= 4 is 12.2 Å². The minimum Gasteiger partial charge on any atom is -0.253 e. The number of allylic oxidation sites excluding steroid dienone is 2. The summed E-state index contributed by atoms with van der Waals surface area (Å²) in [5.41, 5.74) is 1.26. The summed E-state index contributed by atoms with van der Waals surface area (Å²) in [6.07, 6.45) is 10.7. The van der Waals surface area contributed by atoms with Crippen molar-refractivity contribution < 1.29 is 0 Å². The Balaban J connectivity index is 2.76. The number of hydrogen-bond acceptors (Lipinski definition) is 2. The standard InChI is InChI=1S/C10H10N2/c1-8-3-2-4-9-10(7-8)12-6-5-11-9/h3-7H,2H2,1H3. The molecule has 0 aromatic carbocycles. The average molecular weight is 158 g/mol. The maximum Gasteiger partial charge on any atom is 0.0886 e. The second-order valence-corrected chi connectivity index (χ2v) is 2.86. The molecule has 1 aromatic rings. The summed E-state index contributed by atoms with van der Waals surface area (Å²) in [5, 5.41) is 1.97. The van der Waals surface area contributed by atoms with Crippen molar-refractivity contribution in [2.45, 2.75) is 13.3 Å². The van der Waals surface area contributed by atoms with Gasteiger partial charge >= 0.3 is 0 Å². The Morgan fingerprint density at radius 3 is 2.67 bits per heavy atom. The Morgan fingerprint density at radius 2 is 1.83 bits per heavy atom. The van der Waals surface area contributed by atoms with E-state index in [4.69, 9.17) is 0 Å². The van der Waals surface area contributed by atoms with Crippen LogP contribution in [0.25, 0.3) is 12.2 Å². The third kappa shape index (κ3) is 1.28. The summed E-state index contributed by atoms with van der Waals surface area (Å²) in [5.74, 6) is 0. The highest BCUT2D eigenvalue weighted by atomic mass is 14.8. The lowest BCUT2D eigenvalue weighted by atomic mass is 10.2. The molecule has 0 spiro atoms. The second kappa shape index (κ2) is 2.89. The molecule has 0 fully saturated rings. The van der Waals surface area contributed by atoms with Crippen LogP contribution in [0.5, 0.6) is 0 Å². The van der Waals surface area contributed by atoms with Gasteiger partial charge in [-0.05, 0) is 19.4 Å². The van der Waals surface area contributed by atoms with Crippen molar-refractivity contribution in [1.29, 1.82) is 0 Å². The van der Waals surface area contributed by atoms with Gasteiger partial charge in [0.1, 0.15) is 0 Å². The highest BCUT2D eigenvalue weighted by Crippen LogP contribution is 1.98. The molecule has 12 heavy (non-hydrogen) atoms. The molecule has 0 bridgehead atoms. The zero-order valence-electron chi connectivity index (χ0n) is 6.99. The van der Waals surface area contributed by atoms with Crippen LogP contribution < -0.4 is 10.7 Å². The van der Waals surface area contributed by atoms with Crippen LogP contribution in [0.2, 0.25) is 0 Å². The first-order chi connectivity index (χ1) is 5.86. The van der Waals surface area contributed by atoms with Crippen molar-refractivity contribution in [3.63, 3.8) is 0 Å². The molecule has 60 valence electrons. The van der Waals surface area contributed by atoms with E-state index < -0.39 is 0 Å². The van der Waals surface area contributed by atoms with Gasteiger partial charge in [0.15, 0.2) is 0 Å². The van der Waals surface area contributed by atoms with Crippen LogP contribution in [0.4, 0.5) is 0 Å². The second-order valence-electron chi connectivity index (χ2n) is 2.86. The number of rotatable bonds is 0. The van der Waals surface area contributed by atoms with E-state index in [1.165, 1.54) is 5.57 Å². The maximum absolute atomic E-state index is 4.24. The monoisotopic (exact) mass is 158 g/mol. The number of fused-ring (bicyclic) bond motifs is 1. The molecule has 1 aliphatic carbocycles. The molecule has 1 aliphatic rings. The van der Waals surface area contributed by atoms with E-state index in [-0.39, 0.29) is 0 Å². The minimum absolute atomic E-state index is 0.952. The molecule has 0 amide bonds. The van der Waals surface area contributed by atoms with E-state index in [1.54, 1.807) is 12.4 Å². The first kappa shape index (κ1) is 7.22. The van der Waals surface area contributed by atoms with Crippen molar-refractivity contribution in [1.82, 2.24) is 9.97 Å². The number of hydrogen-bond donors (Lipinski definition) is 0. The summed E-state index contributed by atoms with van der Waals surface area (Å²) in [6, 6.07) is 0. The van der Waals surface area contributed by atoms with Gasteiger partial charge in [0.2, 0.25) is 0 Å². The van der Waals surface area contributed by atoms with E-state index in [2.05, 4.69) is 35.1 Å². The Bertz CT molecular complexity index is 429. The van der Waals surface area contributed by atoms with Crippen LogP contribution in [-0.2, 0) is 0 Å². The average Bonchev–Trinajstić information content (AvgIpc) is 2.25. The van der Waals surface area contributed by atoms with Crippen LogP contribution in [0.3, 0.4) is 0 Å². The maximum atomic E-state index is 4.24. The summed E-state index contributed by atoms with van der Waals surface area (Å²) in [6.45, 7) is 2.08. The quantitative estimate of drug-likeness (QED) is 0.545. The summed E-state index contributed by atoms with van der Waals surface area (Å²) >= 11 is 0. The van der Waals surface area contributed by atoms with Crippen molar-refractivity contribution in [2.24, 2.45) is 0 Å². The molecular weight excluding hydrogens is 148 g/mol. The molecule has 2 heteroatoms. The fraction of sp³-hybridized carbons (Fsp3) is 0.200. The predicted octanol–water partition coefficient (Wildman–Crippen LogP) is 0.388. The van der Waals surface area contributed by atoms with Gasteiger partial charge in [0.05, 0.1) is 10.7 Å². The van der Waals surface area contributed by atoms with Crippen molar-refractivity contribution in [3.05, 3.63) is 34.7 Å². The van der Waals surface area contributed by atoms with Gasteiger partial charge in [0.25, 0.3) is 0 Å². The van der Waals surface area contributed by atoms with Crippen LogP contribution in [0.1, 0.15) is 13.3 Å². The number of nitrogens with zero attached hydrogens (tertiary/aromatic N) is 2. The van der Waals surface area contributed by atoms with E-state index in [9.17, 15) is 0 Å². The Morgan fingerprint density at radius 1 is 1.08 bits per heavy atom. The normalized spacial score (nSPS) is 14.9. The molecule has 1 heterocycles. The third-order valence-corrected chi connectivity index (χ3v) is 1.87. The molecular formula is C10H10N2. The predicted molar refractivity (Wildman–Crippen MR) is 48.6 cm³/mol. The topological polar surface area (TPSA) is 25.8 Å². The molecule has 0 saturated carbocycles. The fourth-order valence-corrected chi connectivity index (χ4v) is 1.26. The van der Waals surface area contributed by atoms with E-state index in [0.29, 0.717) is 0 Å². The van der Waals surface area contributed by atoms with Gasteiger partial charge in [-0.15, -0.1) is 0 Å². The van der Waals surface area contributed by atoms with Gasteiger partial charge in [-0.25, -0.2) is 0 Å². The highest BCUT2D eigenvalue weighted by molar-refractivity contribution is 5.47. The molecule has 0 radical (unpaired) electrons. The molecule has 0 unspecified atom stereocenters. The minimum atomic E-state index is 0.952. The van der Waals surface area contributed by atoms with Crippen LogP contribution in [-0.4, -0.2) is 9.97 Å². The van der Waals surface area contributed by atoms with E-state index in [0.717, 1.165) is 17.1 Å². The summed E-state index contributed by atoms with van der Waals surface area (Å²) in [7, 11) is 0. The third-order valence-electron chi connectivity index (χ3n) is 1.87. The van der Waals surface area contributed by atoms with Gasteiger partial charge < -0.3 is 0 Å². The van der Waals surface area contributed by atoms with Gasteiger partial charge in [-0.1, -0.05) is 17.7 Å². The Kier molecular flexibility index (Phi) is 1.74. The Hall–Kier alpha value is -1.44. The van der Waals surface area contributed by atoms with Crippen molar-refractivity contribution in [2.75, 3.05) is 0 Å². The van der Waals surface area contributed by atoms with Gasteiger partial charge in [-0.3, -0.25) is 9.97 Å². The molecule has 2 nitrogen and oxygen atoms in total. The van der Waals surface area contributed by atoms with Gasteiger partial charge in [0, 0.05) is 12.4 Å². The van der Waals surface area contributed by atoms with Crippen LogP contribution in [0.15, 0.2) is 24.0 Å². The van der Waals surface area contributed by atoms with Crippen LogP contribution in [0, 0.1) is 0 Å². The van der Waals surface area contributed by atoms with E-state index in [1.807, 2.05) is 0 Å². The lowest BCUT2D eigenvalue weighted by Gasteiger charge is -1.86. The Labute approximate surface area is 71.0 Å². The lowest BCUT2D eigenvalue weighted by molar-refractivity contribution is 1.09. The molecule has 0 N–H and O–H groups in total. The first-order valence-electron chi connectivity index (χ1n) is 4.02. The smallest absolute Gasteiger partial charge is 0.0886 e. The SMILES string of the molecule is CC1=CCC=c2nccnc2=C1. The molecule has 0 atom stereocenters.